The van der Waals surface area contributed by atoms with Gasteiger partial charge in [0, 0.05) is 11.8 Å². The zero-order valence-electron chi connectivity index (χ0n) is 14.1. The number of esters is 1. The first-order chi connectivity index (χ1) is 12.9. The van der Waals surface area contributed by atoms with E-state index in [0.717, 1.165) is 18.2 Å². The molecule has 1 aliphatic heterocycles. The van der Waals surface area contributed by atoms with Gasteiger partial charge in [0.05, 0.1) is 11.1 Å². The molecule has 3 rings (SSSR count). The van der Waals surface area contributed by atoms with Crippen LogP contribution in [0.25, 0.3) is 11.1 Å². The molecule has 10 heteroatoms. The number of halogens is 5. The summed E-state index contributed by atoms with van der Waals surface area (Å²) in [7, 11) is -4.19. The second-order valence-corrected chi connectivity index (χ2v) is 8.00. The first-order valence-corrected chi connectivity index (χ1v) is 9.56. The summed E-state index contributed by atoms with van der Waals surface area (Å²) >= 11 is 0. The standard InChI is InChI=1S/C18H11F5O4S/c1-28(25,26)16-13(19)6-10(7-14(16)20)12-8-27-17(24)15(12)9-3-2-4-11(5-9)18(21,22)23/h2-7H,8H2,1H3. The Kier molecular flexibility index (Phi) is 4.78. The van der Waals surface area contributed by atoms with E-state index in [0.29, 0.717) is 18.4 Å². The quantitative estimate of drug-likeness (QED) is 0.561. The molecule has 148 valence electrons. The fourth-order valence-electron chi connectivity index (χ4n) is 2.86. The second-order valence-electron chi connectivity index (χ2n) is 6.05. The van der Waals surface area contributed by atoms with Crippen molar-refractivity contribution in [1.29, 1.82) is 0 Å². The average molecular weight is 418 g/mol. The molecular formula is C18H11F5O4S. The van der Waals surface area contributed by atoms with Gasteiger partial charge in [-0.25, -0.2) is 22.0 Å². The molecule has 1 aliphatic rings. The van der Waals surface area contributed by atoms with Crippen molar-refractivity contribution in [2.24, 2.45) is 0 Å². The number of cyclic esters (lactones) is 1. The van der Waals surface area contributed by atoms with Crippen LogP contribution in [0.3, 0.4) is 0 Å². The fourth-order valence-corrected chi connectivity index (χ4v) is 3.69. The highest BCUT2D eigenvalue weighted by atomic mass is 32.2. The number of hydrogen-bond donors (Lipinski definition) is 0. The lowest BCUT2D eigenvalue weighted by molar-refractivity contribution is -0.138. The van der Waals surface area contributed by atoms with Crippen LogP contribution in [0.1, 0.15) is 16.7 Å². The maximum Gasteiger partial charge on any atom is 0.416 e. The van der Waals surface area contributed by atoms with Gasteiger partial charge in [-0.2, -0.15) is 13.2 Å². The number of carbonyl (C=O) groups is 1. The number of hydrogen-bond acceptors (Lipinski definition) is 4. The van der Waals surface area contributed by atoms with E-state index < -0.39 is 50.7 Å². The van der Waals surface area contributed by atoms with Crippen LogP contribution in [0.15, 0.2) is 41.3 Å². The van der Waals surface area contributed by atoms with Crippen LogP contribution < -0.4 is 0 Å². The topological polar surface area (TPSA) is 60.4 Å². The Bertz CT molecular complexity index is 1090. The number of rotatable bonds is 3. The highest BCUT2D eigenvalue weighted by Gasteiger charge is 2.33. The van der Waals surface area contributed by atoms with Crippen LogP contribution in [0.4, 0.5) is 22.0 Å². The highest BCUT2D eigenvalue weighted by Crippen LogP contribution is 2.37. The summed E-state index contributed by atoms with van der Waals surface area (Å²) in [6.45, 7) is -0.429. The molecule has 0 spiro atoms. The van der Waals surface area contributed by atoms with Gasteiger partial charge in [0.1, 0.15) is 23.1 Å². The predicted octanol–water partition coefficient (Wildman–Crippen LogP) is 3.85. The van der Waals surface area contributed by atoms with Crippen LogP contribution in [0.5, 0.6) is 0 Å². The van der Waals surface area contributed by atoms with Crippen molar-refractivity contribution in [2.45, 2.75) is 11.1 Å². The van der Waals surface area contributed by atoms with E-state index in [1.807, 2.05) is 0 Å². The average Bonchev–Trinajstić information content (AvgIpc) is 2.94. The van der Waals surface area contributed by atoms with Crippen LogP contribution in [-0.2, 0) is 25.5 Å². The molecule has 0 fully saturated rings. The minimum atomic E-state index is -4.66. The normalized spacial score (nSPS) is 15.1. The van der Waals surface area contributed by atoms with Gasteiger partial charge in [0.25, 0.3) is 0 Å². The Morgan fingerprint density at radius 3 is 2.14 bits per heavy atom. The molecule has 4 nitrogen and oxygen atoms in total. The zero-order valence-corrected chi connectivity index (χ0v) is 14.9. The molecule has 0 aromatic heterocycles. The summed E-state index contributed by atoms with van der Waals surface area (Å²) in [6, 6.07) is 5.25. The van der Waals surface area contributed by atoms with E-state index in [1.54, 1.807) is 0 Å². The van der Waals surface area contributed by atoms with Crippen molar-refractivity contribution >= 4 is 27.0 Å². The van der Waals surface area contributed by atoms with Crippen molar-refractivity contribution in [2.75, 3.05) is 12.9 Å². The molecular weight excluding hydrogens is 407 g/mol. The second kappa shape index (κ2) is 6.69. The lowest BCUT2D eigenvalue weighted by atomic mass is 9.95. The Labute approximate surface area is 156 Å². The smallest absolute Gasteiger partial charge is 0.416 e. The molecule has 0 saturated heterocycles. The third-order valence-corrected chi connectivity index (χ3v) is 5.18. The van der Waals surface area contributed by atoms with Gasteiger partial charge < -0.3 is 4.74 Å². The Hall–Kier alpha value is -2.75. The monoisotopic (exact) mass is 418 g/mol. The third-order valence-electron chi connectivity index (χ3n) is 4.05. The Morgan fingerprint density at radius 2 is 1.61 bits per heavy atom. The van der Waals surface area contributed by atoms with E-state index in [4.69, 9.17) is 4.74 Å². The molecule has 0 amide bonds. The Morgan fingerprint density at radius 1 is 1.00 bits per heavy atom. The first kappa shape index (κ1) is 20.0. The lowest BCUT2D eigenvalue weighted by Gasteiger charge is -2.10. The van der Waals surface area contributed by atoms with Crippen LogP contribution in [0, 0.1) is 11.6 Å². The summed E-state index contributed by atoms with van der Waals surface area (Å²) < 4.78 is 95.1. The summed E-state index contributed by atoms with van der Waals surface area (Å²) in [5.41, 5.74) is -1.69. The van der Waals surface area contributed by atoms with E-state index in [-0.39, 0.29) is 22.3 Å². The molecule has 2 aromatic carbocycles. The maximum atomic E-state index is 14.2. The lowest BCUT2D eigenvalue weighted by Crippen LogP contribution is -2.07. The molecule has 0 aliphatic carbocycles. The SMILES string of the molecule is CS(=O)(=O)c1c(F)cc(C2=C(c3cccc(C(F)(F)F)c3)C(=O)OC2)cc1F. The number of alkyl halides is 3. The molecule has 0 unspecified atom stereocenters. The van der Waals surface area contributed by atoms with Gasteiger partial charge in [-0.1, -0.05) is 12.1 Å². The van der Waals surface area contributed by atoms with Gasteiger partial charge in [-0.3, -0.25) is 0 Å². The van der Waals surface area contributed by atoms with E-state index in [1.165, 1.54) is 6.07 Å². The minimum Gasteiger partial charge on any atom is -0.457 e. The van der Waals surface area contributed by atoms with Gasteiger partial charge in [0.2, 0.25) is 0 Å². The van der Waals surface area contributed by atoms with E-state index >= 15 is 0 Å². The van der Waals surface area contributed by atoms with Crippen LogP contribution >= 0.6 is 0 Å². The molecule has 1 heterocycles. The summed E-state index contributed by atoms with van der Waals surface area (Å²) in [5.74, 6) is -3.72. The van der Waals surface area contributed by atoms with E-state index in [9.17, 15) is 35.2 Å². The Balaban J connectivity index is 2.21. The van der Waals surface area contributed by atoms with Crippen molar-refractivity contribution < 1.29 is 39.9 Å². The first-order valence-electron chi connectivity index (χ1n) is 7.67. The van der Waals surface area contributed by atoms with Crippen molar-refractivity contribution in [3.05, 3.63) is 64.7 Å². The predicted molar refractivity (Wildman–Crippen MR) is 88.7 cm³/mol. The zero-order chi connectivity index (χ0) is 20.9. The molecule has 0 radical (unpaired) electrons. The molecule has 0 atom stereocenters. The number of sulfone groups is 1. The summed E-state index contributed by atoms with van der Waals surface area (Å²) in [5, 5.41) is 0. The maximum absolute atomic E-state index is 14.2. The number of ether oxygens (including phenoxy) is 1. The largest absolute Gasteiger partial charge is 0.457 e. The van der Waals surface area contributed by atoms with Crippen LogP contribution in [-0.4, -0.2) is 27.2 Å². The molecule has 0 N–H and O–H groups in total. The summed E-state index contributed by atoms with van der Waals surface area (Å²) in [6.07, 6.45) is -4.03. The molecule has 0 bridgehead atoms. The number of benzene rings is 2. The third kappa shape index (κ3) is 3.64. The highest BCUT2D eigenvalue weighted by molar-refractivity contribution is 7.90. The van der Waals surface area contributed by atoms with Crippen LogP contribution in [0.2, 0.25) is 0 Å². The minimum absolute atomic E-state index is 0.0535. The van der Waals surface area contributed by atoms with Crippen molar-refractivity contribution in [3.63, 3.8) is 0 Å². The van der Waals surface area contributed by atoms with Gasteiger partial charge in [-0.05, 0) is 35.4 Å². The van der Waals surface area contributed by atoms with Gasteiger partial charge in [-0.15, -0.1) is 0 Å². The molecule has 0 saturated carbocycles. The summed E-state index contributed by atoms with van der Waals surface area (Å²) in [4.78, 5) is 10.9. The van der Waals surface area contributed by atoms with E-state index in [2.05, 4.69) is 0 Å². The van der Waals surface area contributed by atoms with Crippen molar-refractivity contribution in [1.82, 2.24) is 0 Å². The van der Waals surface area contributed by atoms with Crippen molar-refractivity contribution in [3.8, 4) is 0 Å². The number of carbonyl (C=O) groups excluding carboxylic acids is 1. The van der Waals surface area contributed by atoms with Gasteiger partial charge in [0.15, 0.2) is 9.84 Å². The van der Waals surface area contributed by atoms with Gasteiger partial charge >= 0.3 is 12.1 Å². The molecule has 28 heavy (non-hydrogen) atoms. The fraction of sp³-hybridized carbons (Fsp3) is 0.167. The molecule has 2 aromatic rings.